The van der Waals surface area contributed by atoms with Crippen LogP contribution >= 0.6 is 0 Å². The molecule has 2 N–H and O–H groups in total. The third kappa shape index (κ3) is 3.30. The third-order valence-corrected chi connectivity index (χ3v) is 3.81. The highest BCUT2D eigenvalue weighted by Gasteiger charge is 2.27. The second kappa shape index (κ2) is 6.53. The molecule has 7 heteroatoms. The molecule has 0 radical (unpaired) electrons. The number of nitro groups is 1. The third-order valence-electron chi connectivity index (χ3n) is 3.81. The summed E-state index contributed by atoms with van der Waals surface area (Å²) < 4.78 is 0. The summed E-state index contributed by atoms with van der Waals surface area (Å²) in [5, 5.41) is 28.9. The van der Waals surface area contributed by atoms with Gasteiger partial charge in [0.05, 0.1) is 4.92 Å². The maximum atomic E-state index is 11.2. The van der Waals surface area contributed by atoms with Gasteiger partial charge in [-0.25, -0.2) is 4.79 Å². The molecule has 1 fully saturated rings. The van der Waals surface area contributed by atoms with Crippen LogP contribution in [0.3, 0.4) is 0 Å². The molecule has 1 unspecified atom stereocenters. The summed E-state index contributed by atoms with van der Waals surface area (Å²) in [6.07, 6.45) is 3.50. The lowest BCUT2D eigenvalue weighted by atomic mass is 10.1. The molecule has 0 bridgehead atoms. The number of benzene rings is 1. The molecule has 0 saturated carbocycles. The van der Waals surface area contributed by atoms with Crippen LogP contribution in [0.1, 0.15) is 36.0 Å². The fourth-order valence-electron chi connectivity index (χ4n) is 2.84. The van der Waals surface area contributed by atoms with E-state index in [2.05, 4.69) is 4.90 Å². The molecular weight excluding hydrogens is 276 g/mol. The van der Waals surface area contributed by atoms with Crippen molar-refractivity contribution in [3.8, 4) is 0 Å². The van der Waals surface area contributed by atoms with E-state index in [0.29, 0.717) is 12.1 Å². The molecule has 7 nitrogen and oxygen atoms in total. The molecule has 0 aliphatic carbocycles. The quantitative estimate of drug-likeness (QED) is 0.614. The van der Waals surface area contributed by atoms with Crippen LogP contribution in [0, 0.1) is 10.1 Å². The zero-order valence-electron chi connectivity index (χ0n) is 11.6. The lowest BCUT2D eigenvalue weighted by Crippen LogP contribution is -2.29. The number of aromatic carboxylic acids is 1. The van der Waals surface area contributed by atoms with E-state index in [-0.39, 0.29) is 18.2 Å². The smallest absolute Gasteiger partial charge is 0.342 e. The number of rotatable bonds is 6. The first-order chi connectivity index (χ1) is 10.0. The van der Waals surface area contributed by atoms with Gasteiger partial charge in [-0.15, -0.1) is 0 Å². The van der Waals surface area contributed by atoms with Gasteiger partial charge in [0.1, 0.15) is 5.56 Å². The van der Waals surface area contributed by atoms with Crippen LogP contribution in [0.4, 0.5) is 11.4 Å². The second-order valence-electron chi connectivity index (χ2n) is 5.12. The van der Waals surface area contributed by atoms with E-state index in [1.165, 1.54) is 12.1 Å². The van der Waals surface area contributed by atoms with Crippen LogP contribution < -0.4 is 4.90 Å². The van der Waals surface area contributed by atoms with Gasteiger partial charge in [-0.05, 0) is 37.8 Å². The van der Waals surface area contributed by atoms with Crippen LogP contribution in [0.15, 0.2) is 18.2 Å². The fourth-order valence-corrected chi connectivity index (χ4v) is 2.84. The van der Waals surface area contributed by atoms with Crippen molar-refractivity contribution in [3.63, 3.8) is 0 Å². The Hall–Kier alpha value is -2.15. The van der Waals surface area contributed by atoms with E-state index in [4.69, 9.17) is 10.2 Å². The number of hydrogen-bond acceptors (Lipinski definition) is 5. The molecule has 0 aromatic heterocycles. The average Bonchev–Trinajstić information content (AvgIpc) is 2.92. The Kier molecular flexibility index (Phi) is 4.74. The minimum atomic E-state index is -1.30. The predicted molar refractivity (Wildman–Crippen MR) is 76.7 cm³/mol. The molecule has 21 heavy (non-hydrogen) atoms. The molecule has 0 spiro atoms. The van der Waals surface area contributed by atoms with Crippen molar-refractivity contribution in [1.29, 1.82) is 0 Å². The SMILES string of the molecule is O=C(O)c1cc(N2CCCC2CCCO)ccc1[N+](=O)[O-]. The van der Waals surface area contributed by atoms with Gasteiger partial charge >= 0.3 is 5.97 Å². The Bertz CT molecular complexity index is 546. The van der Waals surface area contributed by atoms with Crippen molar-refractivity contribution in [2.75, 3.05) is 18.1 Å². The van der Waals surface area contributed by atoms with Gasteiger partial charge in [0, 0.05) is 30.9 Å². The average molecular weight is 294 g/mol. The maximum absolute atomic E-state index is 11.2. The Morgan fingerprint density at radius 1 is 1.48 bits per heavy atom. The number of carboxylic acid groups (broad SMARTS) is 1. The maximum Gasteiger partial charge on any atom is 0.342 e. The molecule has 1 aliphatic rings. The van der Waals surface area contributed by atoms with Gasteiger partial charge < -0.3 is 15.1 Å². The Morgan fingerprint density at radius 3 is 2.86 bits per heavy atom. The summed E-state index contributed by atoms with van der Waals surface area (Å²) in [4.78, 5) is 23.5. The van der Waals surface area contributed by atoms with Crippen molar-refractivity contribution in [2.45, 2.75) is 31.7 Å². The Balaban J connectivity index is 2.29. The number of nitrogens with zero attached hydrogens (tertiary/aromatic N) is 2. The molecule has 1 atom stereocenters. The first kappa shape index (κ1) is 15.2. The number of anilines is 1. The topological polar surface area (TPSA) is 104 Å². The van der Waals surface area contributed by atoms with Crippen LogP contribution in [-0.4, -0.2) is 40.3 Å². The highest BCUT2D eigenvalue weighted by Crippen LogP contribution is 2.31. The number of aliphatic hydroxyl groups is 1. The zero-order valence-corrected chi connectivity index (χ0v) is 11.6. The zero-order chi connectivity index (χ0) is 15.4. The molecule has 1 aliphatic heterocycles. The van der Waals surface area contributed by atoms with Crippen LogP contribution in [0.25, 0.3) is 0 Å². The molecule has 1 aromatic rings. The van der Waals surface area contributed by atoms with Crippen molar-refractivity contribution in [2.24, 2.45) is 0 Å². The molecule has 2 rings (SSSR count). The summed E-state index contributed by atoms with van der Waals surface area (Å²) in [6, 6.07) is 4.47. The van der Waals surface area contributed by atoms with Crippen LogP contribution in [0.2, 0.25) is 0 Å². The fraction of sp³-hybridized carbons (Fsp3) is 0.500. The van der Waals surface area contributed by atoms with Crippen molar-refractivity contribution in [1.82, 2.24) is 0 Å². The van der Waals surface area contributed by atoms with Gasteiger partial charge in [0.15, 0.2) is 0 Å². The standard InChI is InChI=1S/C14H18N2O5/c17-8-2-4-10-3-1-7-15(10)11-5-6-13(16(20)21)12(9-11)14(18)19/h5-6,9-10,17H,1-4,7-8H2,(H,18,19). The highest BCUT2D eigenvalue weighted by molar-refractivity contribution is 5.93. The largest absolute Gasteiger partial charge is 0.477 e. The summed E-state index contributed by atoms with van der Waals surface area (Å²) in [5.74, 6) is -1.30. The Morgan fingerprint density at radius 2 is 2.24 bits per heavy atom. The monoisotopic (exact) mass is 294 g/mol. The summed E-state index contributed by atoms with van der Waals surface area (Å²) in [7, 11) is 0. The van der Waals surface area contributed by atoms with Crippen molar-refractivity contribution in [3.05, 3.63) is 33.9 Å². The van der Waals surface area contributed by atoms with Gasteiger partial charge in [-0.1, -0.05) is 0 Å². The highest BCUT2D eigenvalue weighted by atomic mass is 16.6. The van der Waals surface area contributed by atoms with E-state index >= 15 is 0 Å². The lowest BCUT2D eigenvalue weighted by Gasteiger charge is -2.27. The predicted octanol–water partition coefficient (Wildman–Crippen LogP) is 2.03. The number of aliphatic hydroxyl groups excluding tert-OH is 1. The number of carbonyl (C=O) groups is 1. The Labute approximate surface area is 122 Å². The van der Waals surface area contributed by atoms with E-state index in [1.807, 2.05) is 0 Å². The van der Waals surface area contributed by atoms with E-state index in [9.17, 15) is 14.9 Å². The molecule has 1 heterocycles. The second-order valence-corrected chi connectivity index (χ2v) is 5.12. The number of nitro benzene ring substituents is 1. The summed E-state index contributed by atoms with van der Waals surface area (Å²) in [6.45, 7) is 0.929. The van der Waals surface area contributed by atoms with Gasteiger partial charge in [-0.3, -0.25) is 10.1 Å². The van der Waals surface area contributed by atoms with Crippen molar-refractivity contribution < 1.29 is 19.9 Å². The normalized spacial score (nSPS) is 18.0. The van der Waals surface area contributed by atoms with Gasteiger partial charge in [0.25, 0.3) is 5.69 Å². The molecule has 1 aromatic carbocycles. The van der Waals surface area contributed by atoms with Crippen molar-refractivity contribution >= 4 is 17.3 Å². The van der Waals surface area contributed by atoms with Gasteiger partial charge in [0.2, 0.25) is 0 Å². The van der Waals surface area contributed by atoms with Crippen LogP contribution in [0.5, 0.6) is 0 Å². The number of hydrogen-bond donors (Lipinski definition) is 2. The van der Waals surface area contributed by atoms with E-state index < -0.39 is 16.6 Å². The first-order valence-corrected chi connectivity index (χ1v) is 6.94. The molecular formula is C14H18N2O5. The number of carboxylic acids is 1. The molecule has 114 valence electrons. The first-order valence-electron chi connectivity index (χ1n) is 6.94. The summed E-state index contributed by atoms with van der Waals surface area (Å²) in [5.41, 5.74) is 0.0149. The minimum Gasteiger partial charge on any atom is -0.477 e. The summed E-state index contributed by atoms with van der Waals surface area (Å²) >= 11 is 0. The lowest BCUT2D eigenvalue weighted by molar-refractivity contribution is -0.385. The van der Waals surface area contributed by atoms with E-state index in [0.717, 1.165) is 25.8 Å². The van der Waals surface area contributed by atoms with Crippen LogP contribution in [-0.2, 0) is 0 Å². The molecule has 0 amide bonds. The van der Waals surface area contributed by atoms with Gasteiger partial charge in [-0.2, -0.15) is 0 Å². The molecule has 1 saturated heterocycles. The van der Waals surface area contributed by atoms with E-state index in [1.54, 1.807) is 6.07 Å². The minimum absolute atomic E-state index is 0.130.